The number of aromatic nitrogens is 1. The number of nitro groups is 1. The number of pyridine rings is 1. The number of nitrogens with zero attached hydrogens (tertiary/aromatic N) is 2. The van der Waals surface area contributed by atoms with Crippen LogP contribution in [0, 0.1) is 33.3 Å². The molecule has 4 fully saturated rings. The van der Waals surface area contributed by atoms with E-state index in [2.05, 4.69) is 10.3 Å². The van der Waals surface area contributed by atoms with Gasteiger partial charge in [-0.05, 0) is 68.8 Å². The molecule has 4 aliphatic carbocycles. The molecule has 0 amide bonds. The van der Waals surface area contributed by atoms with Crippen molar-refractivity contribution < 1.29 is 14.5 Å². The zero-order valence-corrected chi connectivity index (χ0v) is 15.7. The monoisotopic (exact) mass is 373 g/mol. The lowest BCUT2D eigenvalue weighted by Crippen LogP contribution is -2.51. The summed E-state index contributed by atoms with van der Waals surface area (Å²) in [5.41, 5.74) is -0.277. The van der Waals surface area contributed by atoms with Crippen LogP contribution in [0.25, 0.3) is 0 Å². The van der Waals surface area contributed by atoms with E-state index in [0.717, 1.165) is 25.7 Å². The lowest BCUT2D eigenvalue weighted by Gasteiger charge is -2.55. The first-order valence-corrected chi connectivity index (χ1v) is 10.0. The van der Waals surface area contributed by atoms with E-state index >= 15 is 0 Å². The smallest absolute Gasteiger partial charge is 0.312 e. The molecule has 5 rings (SSSR count). The van der Waals surface area contributed by atoms with Gasteiger partial charge in [0, 0.05) is 6.07 Å². The molecular formula is C20H27N3O4. The van der Waals surface area contributed by atoms with E-state index in [0.29, 0.717) is 30.2 Å². The molecule has 1 atom stereocenters. The zero-order valence-electron chi connectivity index (χ0n) is 15.7. The SMILES string of the molecule is CCC(COC(=O)C12CC3CC(CC(C3)C1)C2)Nc1ccc([N+](=O)[O-])cn1. The number of carbonyl (C=O) groups is 1. The molecule has 1 unspecified atom stereocenters. The predicted molar refractivity (Wildman–Crippen MR) is 100 cm³/mol. The normalized spacial score (nSPS) is 32.1. The van der Waals surface area contributed by atoms with Crippen molar-refractivity contribution in [1.82, 2.24) is 4.98 Å². The highest BCUT2D eigenvalue weighted by Crippen LogP contribution is 2.60. The highest BCUT2D eigenvalue weighted by molar-refractivity contribution is 5.77. The molecule has 1 aromatic heterocycles. The van der Waals surface area contributed by atoms with E-state index in [1.165, 1.54) is 31.5 Å². The van der Waals surface area contributed by atoms with Gasteiger partial charge >= 0.3 is 5.97 Å². The van der Waals surface area contributed by atoms with Gasteiger partial charge in [-0.2, -0.15) is 0 Å². The van der Waals surface area contributed by atoms with E-state index < -0.39 is 4.92 Å². The second-order valence-electron chi connectivity index (χ2n) is 8.70. The Bertz CT molecular complexity index is 683. The molecule has 27 heavy (non-hydrogen) atoms. The number of carbonyl (C=O) groups excluding carboxylic acids is 1. The second kappa shape index (κ2) is 7.09. The Hall–Kier alpha value is -2.18. The molecule has 0 aliphatic heterocycles. The molecule has 0 aromatic carbocycles. The highest BCUT2D eigenvalue weighted by atomic mass is 16.6. The van der Waals surface area contributed by atoms with Crippen LogP contribution in [0.1, 0.15) is 51.9 Å². The number of rotatable bonds is 7. The maximum Gasteiger partial charge on any atom is 0.312 e. The summed E-state index contributed by atoms with van der Waals surface area (Å²) in [6.07, 6.45) is 8.93. The summed E-state index contributed by atoms with van der Waals surface area (Å²) in [4.78, 5) is 27.3. The topological polar surface area (TPSA) is 94.4 Å². The van der Waals surface area contributed by atoms with Crippen LogP contribution in [0.2, 0.25) is 0 Å². The Morgan fingerprint density at radius 3 is 2.41 bits per heavy atom. The Labute approximate surface area is 159 Å². The minimum atomic E-state index is -0.471. The Morgan fingerprint density at radius 2 is 1.93 bits per heavy atom. The fourth-order valence-electron chi connectivity index (χ4n) is 5.74. The van der Waals surface area contributed by atoms with E-state index in [-0.39, 0.29) is 23.1 Å². The number of nitrogens with one attached hydrogen (secondary N) is 1. The first-order valence-electron chi connectivity index (χ1n) is 10.0. The number of ether oxygens (including phenoxy) is 1. The fourth-order valence-corrected chi connectivity index (χ4v) is 5.74. The van der Waals surface area contributed by atoms with Crippen molar-refractivity contribution in [2.45, 2.75) is 57.9 Å². The standard InChI is InChI=1S/C20H27N3O4/c1-2-16(22-18-4-3-17(11-21-18)23(25)26)12-27-19(24)20-8-13-5-14(9-20)7-15(6-13)10-20/h3-4,11,13-16H,2,5-10,12H2,1H3,(H,21,22). The average Bonchev–Trinajstić information content (AvgIpc) is 2.64. The van der Waals surface area contributed by atoms with Gasteiger partial charge in [-0.3, -0.25) is 14.9 Å². The lowest BCUT2D eigenvalue weighted by molar-refractivity contribution is -0.385. The second-order valence-corrected chi connectivity index (χ2v) is 8.70. The molecule has 1 N–H and O–H groups in total. The molecule has 7 heteroatoms. The third kappa shape index (κ3) is 3.64. The minimum Gasteiger partial charge on any atom is -0.463 e. The Balaban J connectivity index is 1.34. The van der Waals surface area contributed by atoms with Crippen molar-refractivity contribution in [3.05, 3.63) is 28.4 Å². The summed E-state index contributed by atoms with van der Waals surface area (Å²) in [6, 6.07) is 2.95. The number of hydrogen-bond donors (Lipinski definition) is 1. The summed E-state index contributed by atoms with van der Waals surface area (Å²) >= 11 is 0. The third-order valence-corrected chi connectivity index (χ3v) is 6.69. The van der Waals surface area contributed by atoms with Gasteiger partial charge in [0.2, 0.25) is 0 Å². The largest absolute Gasteiger partial charge is 0.463 e. The molecule has 1 heterocycles. The van der Waals surface area contributed by atoms with Gasteiger partial charge in [0.25, 0.3) is 5.69 Å². The molecule has 0 radical (unpaired) electrons. The zero-order chi connectivity index (χ0) is 19.0. The van der Waals surface area contributed by atoms with Crippen LogP contribution in [0.3, 0.4) is 0 Å². The lowest BCUT2D eigenvalue weighted by atomic mass is 9.49. The molecule has 1 aromatic rings. The highest BCUT2D eigenvalue weighted by Gasteiger charge is 2.55. The number of esters is 1. The summed E-state index contributed by atoms with van der Waals surface area (Å²) in [5.74, 6) is 2.69. The van der Waals surface area contributed by atoms with Crippen molar-refractivity contribution in [1.29, 1.82) is 0 Å². The van der Waals surface area contributed by atoms with Crippen molar-refractivity contribution in [3.63, 3.8) is 0 Å². The molecule has 4 aliphatic rings. The van der Waals surface area contributed by atoms with Crippen molar-refractivity contribution in [2.75, 3.05) is 11.9 Å². The molecule has 4 saturated carbocycles. The Morgan fingerprint density at radius 1 is 1.30 bits per heavy atom. The predicted octanol–water partition coefficient (Wildman–Crippen LogP) is 3.94. The van der Waals surface area contributed by atoms with Crippen LogP contribution in [-0.2, 0) is 9.53 Å². The summed E-state index contributed by atoms with van der Waals surface area (Å²) in [5, 5.41) is 13.9. The van der Waals surface area contributed by atoms with E-state index in [9.17, 15) is 14.9 Å². The van der Waals surface area contributed by atoms with Gasteiger partial charge in [0.05, 0.1) is 16.4 Å². The molecule has 7 nitrogen and oxygen atoms in total. The summed E-state index contributed by atoms with van der Waals surface area (Å²) in [6.45, 7) is 2.32. The van der Waals surface area contributed by atoms with Crippen LogP contribution in [-0.4, -0.2) is 28.5 Å². The van der Waals surface area contributed by atoms with Crippen LogP contribution in [0.15, 0.2) is 18.3 Å². The summed E-state index contributed by atoms with van der Waals surface area (Å²) in [7, 11) is 0. The maximum absolute atomic E-state index is 12.9. The van der Waals surface area contributed by atoms with E-state index in [4.69, 9.17) is 4.74 Å². The fraction of sp³-hybridized carbons (Fsp3) is 0.700. The van der Waals surface area contributed by atoms with Gasteiger partial charge in [-0.25, -0.2) is 4.98 Å². The van der Waals surface area contributed by atoms with Crippen molar-refractivity contribution in [2.24, 2.45) is 23.2 Å². The van der Waals surface area contributed by atoms with E-state index in [1.54, 1.807) is 6.07 Å². The number of hydrogen-bond acceptors (Lipinski definition) is 6. The number of anilines is 1. The molecular weight excluding hydrogens is 346 g/mol. The van der Waals surface area contributed by atoms with Gasteiger partial charge in [0.1, 0.15) is 18.6 Å². The maximum atomic E-state index is 12.9. The average molecular weight is 373 g/mol. The summed E-state index contributed by atoms with van der Waals surface area (Å²) < 4.78 is 5.78. The van der Waals surface area contributed by atoms with E-state index in [1.807, 2.05) is 6.92 Å². The first kappa shape index (κ1) is 18.2. The van der Waals surface area contributed by atoms with Gasteiger partial charge in [-0.15, -0.1) is 0 Å². The van der Waals surface area contributed by atoms with Gasteiger partial charge in [-0.1, -0.05) is 6.92 Å². The van der Waals surface area contributed by atoms with Crippen LogP contribution < -0.4 is 5.32 Å². The van der Waals surface area contributed by atoms with Crippen LogP contribution in [0.5, 0.6) is 0 Å². The van der Waals surface area contributed by atoms with Gasteiger partial charge < -0.3 is 10.1 Å². The van der Waals surface area contributed by atoms with Crippen molar-refractivity contribution in [3.8, 4) is 0 Å². The molecule has 0 spiro atoms. The molecule has 146 valence electrons. The first-order chi connectivity index (χ1) is 13.0. The minimum absolute atomic E-state index is 0.0153. The molecule has 0 saturated heterocycles. The van der Waals surface area contributed by atoms with Gasteiger partial charge in [0.15, 0.2) is 0 Å². The quantitative estimate of drug-likeness (QED) is 0.442. The van der Waals surface area contributed by atoms with Crippen molar-refractivity contribution >= 4 is 17.5 Å². The third-order valence-electron chi connectivity index (χ3n) is 6.69. The van der Waals surface area contributed by atoms with Crippen LogP contribution >= 0.6 is 0 Å². The van der Waals surface area contributed by atoms with Crippen LogP contribution in [0.4, 0.5) is 11.5 Å². The molecule has 4 bridgehead atoms. The Kier molecular flexibility index (Phi) is 4.78.